The van der Waals surface area contributed by atoms with E-state index >= 15 is 0 Å². The smallest absolute Gasteiger partial charge is 0.460 e. The molecule has 0 spiro atoms. The molecule has 0 aliphatic carbocycles. The number of alkyl halides is 2. The van der Waals surface area contributed by atoms with E-state index in [1.165, 1.54) is 18.2 Å². The number of aromatic nitrogens is 2. The van der Waals surface area contributed by atoms with Gasteiger partial charge < -0.3 is 30.0 Å². The third-order valence-electron chi connectivity index (χ3n) is 5.03. The first-order chi connectivity index (χ1) is 16.7. The highest BCUT2D eigenvalue weighted by molar-refractivity contribution is 5.99. The van der Waals surface area contributed by atoms with Crippen LogP contribution in [-0.4, -0.2) is 41.0 Å². The molecule has 2 aromatic carbocycles. The molecule has 0 fully saturated rings. The van der Waals surface area contributed by atoms with Gasteiger partial charge in [-0.1, -0.05) is 0 Å². The number of benzene rings is 2. The molecule has 0 unspecified atom stereocenters. The summed E-state index contributed by atoms with van der Waals surface area (Å²) in [5.41, 5.74) is 1.70. The van der Waals surface area contributed by atoms with Crippen LogP contribution in [0.2, 0.25) is 0 Å². The monoisotopic (exact) mass is 484 g/mol. The molecule has 3 heterocycles. The molecule has 180 valence electrons. The number of carbonyl (C=O) groups is 1. The van der Waals surface area contributed by atoms with Crippen molar-refractivity contribution in [1.82, 2.24) is 14.9 Å². The van der Waals surface area contributed by atoms with Crippen molar-refractivity contribution >= 4 is 45.7 Å². The normalized spacial score (nSPS) is 14.4. The van der Waals surface area contributed by atoms with Crippen LogP contribution in [0.15, 0.2) is 53.1 Å². The van der Waals surface area contributed by atoms with E-state index in [1.807, 2.05) is 37.2 Å². The summed E-state index contributed by atoms with van der Waals surface area (Å²) < 4.78 is 51.4. The second-order valence-corrected chi connectivity index (χ2v) is 8.13. The maximum atomic E-state index is 14.4. The fraction of sp³-hybridized carbons (Fsp3) is 0.174. The number of nitrogens with one attached hydrogen (secondary N) is 3. The molecule has 5 rings (SSSR count). The van der Waals surface area contributed by atoms with Crippen molar-refractivity contribution in [3.8, 4) is 5.75 Å². The van der Waals surface area contributed by atoms with E-state index in [2.05, 4.69) is 30.7 Å². The highest BCUT2D eigenvalue weighted by atomic mass is 19.3. The molecule has 2 aromatic heterocycles. The molecule has 4 aromatic rings. The van der Waals surface area contributed by atoms with Crippen LogP contribution in [-0.2, 0) is 11.3 Å². The Morgan fingerprint density at radius 1 is 1.09 bits per heavy atom. The second-order valence-electron chi connectivity index (χ2n) is 8.13. The van der Waals surface area contributed by atoms with Gasteiger partial charge in [0.15, 0.2) is 17.4 Å². The largest absolute Gasteiger partial charge is 0.482 e. The van der Waals surface area contributed by atoms with E-state index in [0.29, 0.717) is 12.2 Å². The summed E-state index contributed by atoms with van der Waals surface area (Å²) in [5, 5.41) is 8.72. The minimum absolute atomic E-state index is 0.0146. The van der Waals surface area contributed by atoms with Gasteiger partial charge in [0.05, 0.1) is 18.4 Å². The van der Waals surface area contributed by atoms with Gasteiger partial charge in [0.1, 0.15) is 11.3 Å². The van der Waals surface area contributed by atoms with Gasteiger partial charge in [-0.05, 0) is 56.6 Å². The Morgan fingerprint density at radius 2 is 1.86 bits per heavy atom. The SMILES string of the molecule is CN(C)Cc1cc2cc(Nc3ncc(F)c(Nc4ccc5c(c4)NC(=O)C(F)(F)O5)n3)ccc2o1. The summed E-state index contributed by atoms with van der Waals surface area (Å²) in [6.45, 7) is 0.661. The Labute approximate surface area is 196 Å². The molecular formula is C23H19F3N6O3. The highest BCUT2D eigenvalue weighted by Crippen LogP contribution is 2.37. The molecule has 1 amide bonds. The Hall–Kier alpha value is -4.32. The third kappa shape index (κ3) is 4.68. The predicted molar refractivity (Wildman–Crippen MR) is 123 cm³/mol. The molecule has 1 aliphatic rings. The second kappa shape index (κ2) is 8.47. The number of nitrogens with zero attached hydrogens (tertiary/aromatic N) is 3. The van der Waals surface area contributed by atoms with Crippen molar-refractivity contribution in [3.05, 3.63) is 60.2 Å². The van der Waals surface area contributed by atoms with Crippen LogP contribution in [0, 0.1) is 5.82 Å². The molecule has 35 heavy (non-hydrogen) atoms. The average Bonchev–Trinajstić information content (AvgIpc) is 3.17. The van der Waals surface area contributed by atoms with Gasteiger partial charge in [-0.3, -0.25) is 4.79 Å². The van der Waals surface area contributed by atoms with Crippen molar-refractivity contribution in [2.24, 2.45) is 0 Å². The van der Waals surface area contributed by atoms with Crippen LogP contribution >= 0.6 is 0 Å². The number of halogens is 3. The third-order valence-corrected chi connectivity index (χ3v) is 5.03. The molecule has 0 radical (unpaired) electrons. The summed E-state index contributed by atoms with van der Waals surface area (Å²) in [4.78, 5) is 21.6. The van der Waals surface area contributed by atoms with E-state index in [-0.39, 0.29) is 28.9 Å². The maximum absolute atomic E-state index is 14.4. The summed E-state index contributed by atoms with van der Waals surface area (Å²) in [7, 11) is 3.90. The van der Waals surface area contributed by atoms with Gasteiger partial charge in [-0.25, -0.2) is 9.37 Å². The van der Waals surface area contributed by atoms with E-state index in [1.54, 1.807) is 6.07 Å². The fourth-order valence-corrected chi connectivity index (χ4v) is 3.52. The van der Waals surface area contributed by atoms with Crippen LogP contribution in [0.25, 0.3) is 11.0 Å². The number of anilines is 5. The van der Waals surface area contributed by atoms with Crippen molar-refractivity contribution in [3.63, 3.8) is 0 Å². The number of amides is 1. The Balaban J connectivity index is 1.35. The predicted octanol–water partition coefficient (Wildman–Crippen LogP) is 4.83. The van der Waals surface area contributed by atoms with Gasteiger partial charge in [-0.2, -0.15) is 13.8 Å². The van der Waals surface area contributed by atoms with E-state index in [0.717, 1.165) is 22.9 Å². The molecule has 0 atom stereocenters. The van der Waals surface area contributed by atoms with E-state index in [9.17, 15) is 18.0 Å². The van der Waals surface area contributed by atoms with Crippen LogP contribution in [0.4, 0.5) is 42.0 Å². The van der Waals surface area contributed by atoms with E-state index in [4.69, 9.17) is 4.42 Å². The van der Waals surface area contributed by atoms with Gasteiger partial charge in [0.2, 0.25) is 5.95 Å². The quantitative estimate of drug-likeness (QED) is 0.357. The van der Waals surface area contributed by atoms with Crippen molar-refractivity contribution < 1.29 is 27.1 Å². The molecule has 1 aliphatic heterocycles. The zero-order valence-corrected chi connectivity index (χ0v) is 18.5. The molecular weight excluding hydrogens is 465 g/mol. The molecule has 12 heteroatoms. The number of ether oxygens (including phenoxy) is 1. The van der Waals surface area contributed by atoms with Crippen molar-refractivity contribution in [2.75, 3.05) is 30.0 Å². The minimum atomic E-state index is -3.96. The van der Waals surface area contributed by atoms with Crippen LogP contribution in [0.3, 0.4) is 0 Å². The molecule has 3 N–H and O–H groups in total. The van der Waals surface area contributed by atoms with Crippen LogP contribution in [0.1, 0.15) is 5.76 Å². The average molecular weight is 484 g/mol. The standard InChI is InChI=1S/C23H19F3N6O3/c1-32(2)11-15-8-12-7-13(3-5-18(12)34-15)29-22-27-10-16(24)20(31-22)28-14-4-6-19-17(9-14)30-21(33)23(25,26)35-19/h3-10H,11H2,1-2H3,(H,30,33)(H2,27,28,29,31). The number of carbonyl (C=O) groups excluding carboxylic acids is 1. The van der Waals surface area contributed by atoms with Crippen LogP contribution in [0.5, 0.6) is 5.75 Å². The van der Waals surface area contributed by atoms with Crippen LogP contribution < -0.4 is 20.7 Å². The maximum Gasteiger partial charge on any atom is 0.482 e. The number of rotatable bonds is 6. The summed E-state index contributed by atoms with van der Waals surface area (Å²) >= 11 is 0. The van der Waals surface area contributed by atoms with Gasteiger partial charge in [0.25, 0.3) is 0 Å². The molecule has 0 bridgehead atoms. The van der Waals surface area contributed by atoms with Gasteiger partial charge in [0, 0.05) is 16.8 Å². The van der Waals surface area contributed by atoms with E-state index < -0.39 is 17.8 Å². The Bertz CT molecular complexity index is 1440. The first kappa shape index (κ1) is 22.5. The summed E-state index contributed by atoms with van der Waals surface area (Å²) in [5.74, 6) is -1.76. The molecule has 9 nitrogen and oxygen atoms in total. The van der Waals surface area contributed by atoms with Crippen molar-refractivity contribution in [2.45, 2.75) is 12.7 Å². The lowest BCUT2D eigenvalue weighted by atomic mass is 10.2. The zero-order valence-electron chi connectivity index (χ0n) is 18.5. The topological polar surface area (TPSA) is 105 Å². The lowest BCUT2D eigenvalue weighted by Crippen LogP contribution is -2.43. The number of hydrogen-bond donors (Lipinski definition) is 3. The first-order valence-corrected chi connectivity index (χ1v) is 10.4. The summed E-state index contributed by atoms with van der Waals surface area (Å²) in [6, 6.07) is 11.3. The Morgan fingerprint density at radius 3 is 2.66 bits per heavy atom. The summed E-state index contributed by atoms with van der Waals surface area (Å²) in [6.07, 6.45) is -2.97. The first-order valence-electron chi connectivity index (χ1n) is 10.4. The lowest BCUT2D eigenvalue weighted by Gasteiger charge is -2.25. The zero-order chi connectivity index (χ0) is 24.7. The highest BCUT2D eigenvalue weighted by Gasteiger charge is 2.46. The Kier molecular flexibility index (Phi) is 5.44. The molecule has 0 saturated carbocycles. The van der Waals surface area contributed by atoms with Crippen molar-refractivity contribution in [1.29, 1.82) is 0 Å². The fourth-order valence-electron chi connectivity index (χ4n) is 3.52. The molecule has 0 saturated heterocycles. The van der Waals surface area contributed by atoms with Gasteiger partial charge >= 0.3 is 12.0 Å². The number of fused-ring (bicyclic) bond motifs is 2. The lowest BCUT2D eigenvalue weighted by molar-refractivity contribution is -0.189. The van der Waals surface area contributed by atoms with Gasteiger partial charge in [-0.15, -0.1) is 0 Å². The minimum Gasteiger partial charge on any atom is -0.460 e. The number of furan rings is 1. The number of hydrogen-bond acceptors (Lipinski definition) is 8.